The van der Waals surface area contributed by atoms with E-state index in [2.05, 4.69) is 0 Å². The summed E-state index contributed by atoms with van der Waals surface area (Å²) in [5.41, 5.74) is -4.33. The zero-order valence-electron chi connectivity index (χ0n) is 8.11. The molecule has 1 rings (SSSR count). The average molecular weight is 317 g/mol. The molecule has 1 aliphatic rings. The molecule has 0 unspecified atom stereocenters. The maximum Gasteiger partial charge on any atom is 0.404 e. The van der Waals surface area contributed by atoms with Gasteiger partial charge in [0.2, 0.25) is 0 Å². The van der Waals surface area contributed by atoms with Crippen molar-refractivity contribution in [2.24, 2.45) is 17.3 Å². The predicted octanol–water partition coefficient (Wildman–Crippen LogP) is 3.75. The largest absolute Gasteiger partial charge is 0.481 e. The molecule has 1 fully saturated rings. The van der Waals surface area contributed by atoms with Crippen molar-refractivity contribution in [2.45, 2.75) is 12.4 Å². The first kappa shape index (κ1) is 15.4. The Balaban J connectivity index is 3.37. The van der Waals surface area contributed by atoms with E-state index in [1.807, 2.05) is 0 Å². The minimum atomic E-state index is -5.77. The van der Waals surface area contributed by atoms with Gasteiger partial charge in [-0.25, -0.2) is 0 Å². The molecule has 1 N–H and O–H groups in total. The van der Waals surface area contributed by atoms with Gasteiger partial charge in [-0.3, -0.25) is 4.79 Å². The minimum absolute atomic E-state index is 0.253. The molecule has 0 saturated heterocycles. The van der Waals surface area contributed by atoms with Gasteiger partial charge in [-0.1, -0.05) is 23.2 Å². The molecular formula is C8H4Cl2F6O2. The molecule has 1 aliphatic carbocycles. The van der Waals surface area contributed by atoms with Crippen LogP contribution in [-0.4, -0.2) is 23.4 Å². The van der Waals surface area contributed by atoms with Crippen LogP contribution in [0.1, 0.15) is 0 Å². The second-order valence-corrected chi connectivity index (χ2v) is 4.67. The van der Waals surface area contributed by atoms with E-state index < -0.39 is 40.1 Å². The molecule has 0 amide bonds. The first-order valence-corrected chi connectivity index (χ1v) is 5.02. The van der Waals surface area contributed by atoms with E-state index in [1.54, 1.807) is 0 Å². The molecule has 0 aromatic heterocycles. The van der Waals surface area contributed by atoms with Crippen molar-refractivity contribution >= 4 is 29.2 Å². The molecule has 0 heterocycles. The van der Waals surface area contributed by atoms with Crippen LogP contribution in [0.25, 0.3) is 0 Å². The number of aliphatic carboxylic acids is 1. The van der Waals surface area contributed by atoms with Gasteiger partial charge in [-0.05, 0) is 6.08 Å². The maximum absolute atomic E-state index is 12.6. The van der Waals surface area contributed by atoms with Gasteiger partial charge in [-0.15, -0.1) is 0 Å². The molecule has 1 saturated carbocycles. The normalized spacial score (nSPS) is 26.7. The summed E-state index contributed by atoms with van der Waals surface area (Å²) in [7, 11) is 0. The summed E-state index contributed by atoms with van der Waals surface area (Å²) in [6.07, 6.45) is -11.3. The Morgan fingerprint density at radius 3 is 1.67 bits per heavy atom. The van der Waals surface area contributed by atoms with Crippen LogP contribution in [-0.2, 0) is 4.79 Å². The van der Waals surface area contributed by atoms with Crippen molar-refractivity contribution in [3.8, 4) is 0 Å². The lowest BCUT2D eigenvalue weighted by Crippen LogP contribution is -2.42. The Bertz CT molecular complexity index is 381. The van der Waals surface area contributed by atoms with Crippen LogP contribution in [0, 0.1) is 17.3 Å². The number of rotatable bonds is 2. The Morgan fingerprint density at radius 2 is 1.50 bits per heavy atom. The molecule has 2 nitrogen and oxygen atoms in total. The van der Waals surface area contributed by atoms with Gasteiger partial charge < -0.3 is 5.11 Å². The molecule has 0 bridgehead atoms. The summed E-state index contributed by atoms with van der Waals surface area (Å²) in [4.78, 5) is 10.5. The van der Waals surface area contributed by atoms with Crippen molar-refractivity contribution in [1.82, 2.24) is 0 Å². The zero-order chi connectivity index (χ0) is 14.5. The number of hydrogen-bond acceptors (Lipinski definition) is 1. The van der Waals surface area contributed by atoms with E-state index >= 15 is 0 Å². The number of halogens is 8. The summed E-state index contributed by atoms with van der Waals surface area (Å²) >= 11 is 10.0. The summed E-state index contributed by atoms with van der Waals surface area (Å²) in [6, 6.07) is 0. The number of allylic oxidation sites excluding steroid dienone is 1. The van der Waals surface area contributed by atoms with Crippen molar-refractivity contribution in [2.75, 3.05) is 0 Å². The first-order valence-electron chi connectivity index (χ1n) is 4.26. The molecule has 0 aromatic carbocycles. The standard InChI is InChI=1S/C8H4Cl2F6O2/c9-3(10)1-2-4(5(17)18)6(2,7(11,12)13)8(14,15)16/h1-2,4H,(H,17,18)/t2-,4+/m1/s1. The molecule has 104 valence electrons. The molecule has 18 heavy (non-hydrogen) atoms. The van der Waals surface area contributed by atoms with Crippen LogP contribution in [0.4, 0.5) is 26.3 Å². The smallest absolute Gasteiger partial charge is 0.404 e. The lowest BCUT2D eigenvalue weighted by atomic mass is 10.0. The zero-order valence-corrected chi connectivity index (χ0v) is 9.62. The fraction of sp³-hybridized carbons (Fsp3) is 0.625. The molecule has 2 atom stereocenters. The third-order valence-electron chi connectivity index (χ3n) is 2.78. The number of carbonyl (C=O) groups is 1. The first-order chi connectivity index (χ1) is 7.87. The summed E-state index contributed by atoms with van der Waals surface area (Å²) < 4.78 is 74.8. The number of hydrogen-bond donors (Lipinski definition) is 1. The topological polar surface area (TPSA) is 37.3 Å². The molecular weight excluding hydrogens is 313 g/mol. The van der Waals surface area contributed by atoms with Crippen LogP contribution < -0.4 is 0 Å². The van der Waals surface area contributed by atoms with Crippen LogP contribution in [0.3, 0.4) is 0 Å². The third-order valence-corrected chi connectivity index (χ3v) is 3.03. The van der Waals surface area contributed by atoms with Gasteiger partial charge in [0.15, 0.2) is 5.41 Å². The Labute approximate surface area is 106 Å². The van der Waals surface area contributed by atoms with E-state index in [9.17, 15) is 31.1 Å². The fourth-order valence-corrected chi connectivity index (χ4v) is 2.29. The quantitative estimate of drug-likeness (QED) is 0.788. The monoisotopic (exact) mass is 316 g/mol. The van der Waals surface area contributed by atoms with Crippen LogP contribution in [0.15, 0.2) is 10.6 Å². The Hall–Kier alpha value is -0.630. The highest BCUT2D eigenvalue weighted by molar-refractivity contribution is 6.55. The number of alkyl halides is 6. The second kappa shape index (κ2) is 4.19. The van der Waals surface area contributed by atoms with Crippen molar-refractivity contribution in [1.29, 1.82) is 0 Å². The summed E-state index contributed by atoms with van der Waals surface area (Å²) in [6.45, 7) is 0. The van der Waals surface area contributed by atoms with Gasteiger partial charge in [0.25, 0.3) is 0 Å². The fourth-order valence-electron chi connectivity index (χ4n) is 2.02. The van der Waals surface area contributed by atoms with Gasteiger partial charge in [0.1, 0.15) is 4.49 Å². The van der Waals surface area contributed by atoms with E-state index in [0.29, 0.717) is 0 Å². The highest BCUT2D eigenvalue weighted by atomic mass is 35.5. The summed E-state index contributed by atoms with van der Waals surface area (Å²) in [5.74, 6) is -7.24. The van der Waals surface area contributed by atoms with Crippen molar-refractivity contribution in [3.63, 3.8) is 0 Å². The van der Waals surface area contributed by atoms with Crippen molar-refractivity contribution in [3.05, 3.63) is 10.6 Å². The van der Waals surface area contributed by atoms with E-state index in [0.717, 1.165) is 0 Å². The third kappa shape index (κ3) is 2.05. The molecule has 0 radical (unpaired) electrons. The number of carboxylic acid groups (broad SMARTS) is 1. The Morgan fingerprint density at radius 1 is 1.11 bits per heavy atom. The van der Waals surface area contributed by atoms with E-state index in [4.69, 9.17) is 28.3 Å². The average Bonchev–Trinajstić information content (AvgIpc) is 2.70. The minimum Gasteiger partial charge on any atom is -0.481 e. The van der Waals surface area contributed by atoms with Gasteiger partial charge in [0, 0.05) is 5.92 Å². The number of carboxylic acids is 1. The lowest BCUT2D eigenvalue weighted by Gasteiger charge is -2.23. The van der Waals surface area contributed by atoms with Crippen LogP contribution >= 0.6 is 23.2 Å². The lowest BCUT2D eigenvalue weighted by molar-refractivity contribution is -0.308. The molecule has 0 aliphatic heterocycles. The molecule has 10 heteroatoms. The van der Waals surface area contributed by atoms with Crippen molar-refractivity contribution < 1.29 is 36.2 Å². The molecule has 0 aromatic rings. The van der Waals surface area contributed by atoms with E-state index in [1.165, 1.54) is 0 Å². The van der Waals surface area contributed by atoms with Gasteiger partial charge >= 0.3 is 18.3 Å². The van der Waals surface area contributed by atoms with E-state index in [-0.39, 0.29) is 6.08 Å². The van der Waals surface area contributed by atoms with Gasteiger partial charge in [-0.2, -0.15) is 26.3 Å². The molecule has 0 spiro atoms. The Kier molecular flexibility index (Phi) is 3.59. The highest BCUT2D eigenvalue weighted by Crippen LogP contribution is 2.74. The summed E-state index contributed by atoms with van der Waals surface area (Å²) in [5, 5.41) is 8.48. The SMILES string of the molecule is O=C(O)[C@@H]1[C@@H](C=C(Cl)Cl)C1(C(F)(F)F)C(F)(F)F. The van der Waals surface area contributed by atoms with Gasteiger partial charge in [0.05, 0.1) is 5.92 Å². The predicted molar refractivity (Wildman–Crippen MR) is 48.9 cm³/mol. The highest BCUT2D eigenvalue weighted by Gasteiger charge is 2.91. The van der Waals surface area contributed by atoms with Crippen LogP contribution in [0.2, 0.25) is 0 Å². The second-order valence-electron chi connectivity index (χ2n) is 3.66. The maximum atomic E-state index is 12.6. The van der Waals surface area contributed by atoms with Crippen LogP contribution in [0.5, 0.6) is 0 Å².